The summed E-state index contributed by atoms with van der Waals surface area (Å²) in [6.45, 7) is 0. The Morgan fingerprint density at radius 1 is 1.32 bits per heavy atom. The maximum Gasteiger partial charge on any atom is 0.416 e. The van der Waals surface area contributed by atoms with Gasteiger partial charge in [0.05, 0.1) is 23.1 Å². The van der Waals surface area contributed by atoms with E-state index in [1.807, 2.05) is 6.07 Å². The number of nitriles is 1. The van der Waals surface area contributed by atoms with Crippen LogP contribution in [0.25, 0.3) is 0 Å². The fraction of sp³-hybridized carbons (Fsp3) is 0.200. The fourth-order valence-electron chi connectivity index (χ4n) is 2.07. The van der Waals surface area contributed by atoms with Crippen LogP contribution in [0.4, 0.5) is 13.2 Å². The molecule has 0 spiro atoms. The molecule has 0 amide bonds. The first kappa shape index (κ1) is 16.1. The van der Waals surface area contributed by atoms with E-state index in [-0.39, 0.29) is 22.7 Å². The molecule has 3 nitrogen and oxygen atoms in total. The summed E-state index contributed by atoms with van der Waals surface area (Å²) < 4.78 is 39.0. The first-order chi connectivity index (χ1) is 10.3. The first-order valence-electron chi connectivity index (χ1n) is 6.18. The molecule has 2 aromatic rings. The molecule has 0 saturated heterocycles. The Labute approximate surface area is 129 Å². The molecule has 0 aliphatic heterocycles. The van der Waals surface area contributed by atoms with Gasteiger partial charge in [-0.05, 0) is 18.2 Å². The zero-order chi connectivity index (χ0) is 16.5. The highest BCUT2D eigenvalue weighted by Crippen LogP contribution is 2.30. The molecule has 1 aromatic carbocycles. The van der Waals surface area contributed by atoms with E-state index in [4.69, 9.17) is 16.9 Å². The lowest BCUT2D eigenvalue weighted by atomic mass is 10.1. The first-order valence-corrected chi connectivity index (χ1v) is 6.56. The summed E-state index contributed by atoms with van der Waals surface area (Å²) in [4.78, 5) is 12.4. The number of hydrogen-bond donors (Lipinski definition) is 0. The molecular formula is C15H10ClF3N2O. The largest absolute Gasteiger partial charge is 0.416 e. The number of hydrogen-bond acceptors (Lipinski definition) is 2. The molecular weight excluding hydrogens is 317 g/mol. The van der Waals surface area contributed by atoms with Crippen LogP contribution in [0.2, 0.25) is 5.02 Å². The Morgan fingerprint density at radius 2 is 1.91 bits per heavy atom. The Bertz CT molecular complexity index is 755. The molecule has 2 rings (SSSR count). The number of aromatic nitrogens is 1. The quantitative estimate of drug-likeness (QED) is 0.800. The van der Waals surface area contributed by atoms with E-state index in [1.165, 1.54) is 10.6 Å². The van der Waals surface area contributed by atoms with Crippen LogP contribution in [0.5, 0.6) is 0 Å². The van der Waals surface area contributed by atoms with Crippen molar-refractivity contribution in [2.75, 3.05) is 0 Å². The molecule has 0 bridgehead atoms. The van der Waals surface area contributed by atoms with Gasteiger partial charge in [-0.3, -0.25) is 4.79 Å². The standard InChI is InChI=1S/C15H10ClF3N2O/c1-21-11(6-7-20)8-12(16)13(21)14(22)9-2-4-10(5-3-9)15(17,18)19/h2-5,8H,6H2,1H3. The van der Waals surface area contributed by atoms with E-state index in [0.29, 0.717) is 5.69 Å². The highest BCUT2D eigenvalue weighted by Gasteiger charge is 2.30. The van der Waals surface area contributed by atoms with Crippen molar-refractivity contribution in [3.8, 4) is 6.07 Å². The minimum Gasteiger partial charge on any atom is -0.343 e. The lowest BCUT2D eigenvalue weighted by Crippen LogP contribution is -2.11. The van der Waals surface area contributed by atoms with Crippen molar-refractivity contribution in [3.05, 3.63) is 57.9 Å². The van der Waals surface area contributed by atoms with Crippen LogP contribution in [0, 0.1) is 11.3 Å². The normalized spacial score (nSPS) is 11.3. The van der Waals surface area contributed by atoms with Gasteiger partial charge in [0.15, 0.2) is 0 Å². The lowest BCUT2D eigenvalue weighted by Gasteiger charge is -2.08. The van der Waals surface area contributed by atoms with Gasteiger partial charge >= 0.3 is 6.18 Å². The topological polar surface area (TPSA) is 45.8 Å². The summed E-state index contributed by atoms with van der Waals surface area (Å²) in [5.41, 5.74) is -0.0266. The van der Waals surface area contributed by atoms with Crippen molar-refractivity contribution in [2.45, 2.75) is 12.6 Å². The number of ketones is 1. The Morgan fingerprint density at radius 3 is 2.41 bits per heavy atom. The average Bonchev–Trinajstić information content (AvgIpc) is 2.72. The van der Waals surface area contributed by atoms with Gasteiger partial charge in [0.2, 0.25) is 5.78 Å². The zero-order valence-corrected chi connectivity index (χ0v) is 12.2. The molecule has 114 valence electrons. The second-order valence-electron chi connectivity index (χ2n) is 4.63. The number of rotatable bonds is 3. The van der Waals surface area contributed by atoms with Crippen LogP contribution in [0.3, 0.4) is 0 Å². The summed E-state index contributed by atoms with van der Waals surface area (Å²) in [6, 6.07) is 7.37. The molecule has 1 heterocycles. The Kier molecular flexibility index (Phi) is 4.29. The Balaban J connectivity index is 2.39. The molecule has 7 heteroatoms. The minimum absolute atomic E-state index is 0.0799. The molecule has 22 heavy (non-hydrogen) atoms. The molecule has 0 atom stereocenters. The number of nitrogens with zero attached hydrogens (tertiary/aromatic N) is 2. The van der Waals surface area contributed by atoms with Crippen LogP contribution >= 0.6 is 11.6 Å². The van der Waals surface area contributed by atoms with Crippen molar-refractivity contribution in [3.63, 3.8) is 0 Å². The van der Waals surface area contributed by atoms with Gasteiger partial charge in [0, 0.05) is 18.3 Å². The number of alkyl halides is 3. The van der Waals surface area contributed by atoms with Gasteiger partial charge in [-0.1, -0.05) is 23.7 Å². The van der Waals surface area contributed by atoms with Gasteiger partial charge in [-0.15, -0.1) is 0 Å². The number of benzene rings is 1. The summed E-state index contributed by atoms with van der Waals surface area (Å²) in [5, 5.41) is 8.87. The van der Waals surface area contributed by atoms with Crippen LogP contribution < -0.4 is 0 Å². The van der Waals surface area contributed by atoms with Gasteiger partial charge in [-0.25, -0.2) is 0 Å². The van der Waals surface area contributed by atoms with Crippen molar-refractivity contribution in [1.82, 2.24) is 4.57 Å². The second-order valence-corrected chi connectivity index (χ2v) is 5.04. The van der Waals surface area contributed by atoms with E-state index >= 15 is 0 Å². The smallest absolute Gasteiger partial charge is 0.343 e. The summed E-state index contributed by atoms with van der Waals surface area (Å²) in [5.74, 6) is -0.495. The third-order valence-electron chi connectivity index (χ3n) is 3.24. The highest BCUT2D eigenvalue weighted by molar-refractivity contribution is 6.34. The third kappa shape index (κ3) is 3.00. The number of carbonyl (C=O) groups excluding carboxylic acids is 1. The number of halogens is 4. The average molecular weight is 327 g/mol. The fourth-order valence-corrected chi connectivity index (χ4v) is 2.41. The third-order valence-corrected chi connectivity index (χ3v) is 3.52. The van der Waals surface area contributed by atoms with Crippen molar-refractivity contribution in [2.24, 2.45) is 7.05 Å². The predicted octanol–water partition coefficient (Wildman–Crippen LogP) is 3.99. The molecule has 0 radical (unpaired) electrons. The van der Waals surface area contributed by atoms with Crippen molar-refractivity contribution < 1.29 is 18.0 Å². The molecule has 0 saturated carbocycles. The summed E-state index contributed by atoms with van der Waals surface area (Å²) >= 11 is 6.00. The van der Waals surface area contributed by atoms with Crippen molar-refractivity contribution in [1.29, 1.82) is 5.26 Å². The van der Waals surface area contributed by atoms with Crippen LogP contribution in [0.1, 0.15) is 27.3 Å². The van der Waals surface area contributed by atoms with E-state index in [2.05, 4.69) is 0 Å². The van der Waals surface area contributed by atoms with E-state index in [0.717, 1.165) is 24.3 Å². The monoisotopic (exact) mass is 326 g/mol. The molecule has 1 aromatic heterocycles. The molecule has 0 aliphatic rings. The van der Waals surface area contributed by atoms with Gasteiger partial charge in [0.1, 0.15) is 5.69 Å². The maximum atomic E-state index is 12.5. The van der Waals surface area contributed by atoms with Gasteiger partial charge in [0.25, 0.3) is 0 Å². The zero-order valence-electron chi connectivity index (χ0n) is 11.4. The minimum atomic E-state index is -4.45. The van der Waals surface area contributed by atoms with E-state index < -0.39 is 17.5 Å². The highest BCUT2D eigenvalue weighted by atomic mass is 35.5. The molecule has 0 unspecified atom stereocenters. The summed E-state index contributed by atoms with van der Waals surface area (Å²) in [6.07, 6.45) is -4.37. The molecule has 0 aliphatic carbocycles. The van der Waals surface area contributed by atoms with Gasteiger partial charge < -0.3 is 4.57 Å². The van der Waals surface area contributed by atoms with Crippen LogP contribution in [-0.2, 0) is 19.6 Å². The Hall–Kier alpha value is -2.26. The predicted molar refractivity (Wildman–Crippen MR) is 74.6 cm³/mol. The van der Waals surface area contributed by atoms with Crippen molar-refractivity contribution >= 4 is 17.4 Å². The summed E-state index contributed by atoms with van der Waals surface area (Å²) in [7, 11) is 1.58. The van der Waals surface area contributed by atoms with Crippen LogP contribution in [-0.4, -0.2) is 10.4 Å². The molecule has 0 N–H and O–H groups in total. The van der Waals surface area contributed by atoms with E-state index in [9.17, 15) is 18.0 Å². The SMILES string of the molecule is Cn1c(CC#N)cc(Cl)c1C(=O)c1ccc(C(F)(F)F)cc1. The molecule has 0 fully saturated rings. The maximum absolute atomic E-state index is 12.5. The van der Waals surface area contributed by atoms with Gasteiger partial charge in [-0.2, -0.15) is 18.4 Å². The second kappa shape index (κ2) is 5.85. The lowest BCUT2D eigenvalue weighted by molar-refractivity contribution is -0.137. The van der Waals surface area contributed by atoms with Crippen LogP contribution in [0.15, 0.2) is 30.3 Å². The van der Waals surface area contributed by atoms with E-state index in [1.54, 1.807) is 7.05 Å². The number of carbonyl (C=O) groups is 1.